The zero-order valence-corrected chi connectivity index (χ0v) is 18.7. The van der Waals surface area contributed by atoms with Crippen molar-refractivity contribution in [3.8, 4) is 5.69 Å². The van der Waals surface area contributed by atoms with Gasteiger partial charge in [0.1, 0.15) is 5.02 Å². The van der Waals surface area contributed by atoms with E-state index in [2.05, 4.69) is 5.10 Å². The molecule has 0 N–H and O–H groups in total. The van der Waals surface area contributed by atoms with Crippen LogP contribution in [0, 0.1) is 0 Å². The largest absolute Gasteiger partial charge is 0.365 e. The smallest absolute Gasteiger partial charge is 0.292 e. The Morgan fingerprint density at radius 1 is 1.00 bits per heavy atom. The Morgan fingerprint density at radius 2 is 1.61 bits per heavy atom. The number of para-hydroxylation sites is 1. The normalized spacial score (nSPS) is 15.0. The van der Waals surface area contributed by atoms with Gasteiger partial charge in [0.15, 0.2) is 0 Å². The van der Waals surface area contributed by atoms with E-state index in [1.54, 1.807) is 18.0 Å². The number of carbonyl (C=O) groups excluding carboxylic acids is 1. The minimum absolute atomic E-state index is 0.122. The second kappa shape index (κ2) is 9.58. The van der Waals surface area contributed by atoms with Crippen molar-refractivity contribution in [2.45, 2.75) is 17.1 Å². The van der Waals surface area contributed by atoms with E-state index in [0.717, 1.165) is 4.90 Å². The lowest BCUT2D eigenvalue weighted by Crippen LogP contribution is -2.51. The highest BCUT2D eigenvalue weighted by atomic mass is 35.5. The molecule has 2 aromatic carbocycles. The first kappa shape index (κ1) is 21.5. The minimum atomic E-state index is -0.350. The minimum Gasteiger partial charge on any atom is -0.365 e. The van der Waals surface area contributed by atoms with Crippen LogP contribution in [-0.4, -0.2) is 52.0 Å². The molecule has 160 valence electrons. The first-order chi connectivity index (χ1) is 15.0. The highest BCUT2D eigenvalue weighted by molar-refractivity contribution is 8.00. The van der Waals surface area contributed by atoms with Gasteiger partial charge in [0.25, 0.3) is 5.56 Å². The second-order valence-electron chi connectivity index (χ2n) is 7.28. The molecule has 1 aliphatic rings. The van der Waals surface area contributed by atoms with Crippen LogP contribution in [0.3, 0.4) is 0 Å². The molecule has 0 radical (unpaired) electrons. The van der Waals surface area contributed by atoms with Crippen molar-refractivity contribution in [2.75, 3.05) is 31.1 Å². The average Bonchev–Trinajstić information content (AvgIpc) is 2.82. The van der Waals surface area contributed by atoms with Crippen molar-refractivity contribution in [3.63, 3.8) is 0 Å². The number of aromatic nitrogens is 2. The van der Waals surface area contributed by atoms with E-state index in [4.69, 9.17) is 11.6 Å². The predicted octanol–water partition coefficient (Wildman–Crippen LogP) is 3.72. The summed E-state index contributed by atoms with van der Waals surface area (Å²) in [6.07, 6.45) is 1.63. The number of piperazine rings is 1. The Kier molecular flexibility index (Phi) is 6.63. The second-order valence-corrected chi connectivity index (χ2v) is 9.07. The summed E-state index contributed by atoms with van der Waals surface area (Å²) in [5, 5.41) is 4.29. The van der Waals surface area contributed by atoms with Gasteiger partial charge >= 0.3 is 0 Å². The molecular weight excluding hydrogens is 432 g/mol. The van der Waals surface area contributed by atoms with Crippen molar-refractivity contribution >= 4 is 35.0 Å². The summed E-state index contributed by atoms with van der Waals surface area (Å²) in [6, 6.07) is 19.1. The first-order valence-electron chi connectivity index (χ1n) is 10.1. The summed E-state index contributed by atoms with van der Waals surface area (Å²) in [7, 11) is 0. The molecule has 1 amide bonds. The summed E-state index contributed by atoms with van der Waals surface area (Å²) < 4.78 is 1.30. The van der Waals surface area contributed by atoms with Crippen molar-refractivity contribution in [2.24, 2.45) is 0 Å². The Labute approximate surface area is 190 Å². The van der Waals surface area contributed by atoms with Gasteiger partial charge < -0.3 is 9.80 Å². The fraction of sp³-hybridized carbons (Fsp3) is 0.261. The maximum absolute atomic E-state index is 12.9. The number of hydrogen-bond acceptors (Lipinski definition) is 5. The van der Waals surface area contributed by atoms with E-state index >= 15 is 0 Å². The molecule has 1 fully saturated rings. The summed E-state index contributed by atoms with van der Waals surface area (Å²) in [5.74, 6) is 0.122. The van der Waals surface area contributed by atoms with Gasteiger partial charge in [-0.05, 0) is 31.2 Å². The van der Waals surface area contributed by atoms with E-state index in [9.17, 15) is 9.59 Å². The Balaban J connectivity index is 1.41. The lowest BCUT2D eigenvalue weighted by atomic mass is 10.2. The van der Waals surface area contributed by atoms with Gasteiger partial charge in [0.05, 0.1) is 22.8 Å². The molecule has 8 heteroatoms. The fourth-order valence-corrected chi connectivity index (χ4v) is 4.80. The van der Waals surface area contributed by atoms with Crippen LogP contribution in [0.25, 0.3) is 5.69 Å². The maximum atomic E-state index is 12.9. The number of benzene rings is 2. The Morgan fingerprint density at radius 3 is 2.26 bits per heavy atom. The highest BCUT2D eigenvalue weighted by Gasteiger charge is 2.27. The molecule has 31 heavy (non-hydrogen) atoms. The molecule has 4 rings (SSSR count). The summed E-state index contributed by atoms with van der Waals surface area (Å²) in [5.41, 5.74) is 0.927. The van der Waals surface area contributed by atoms with E-state index in [1.807, 2.05) is 77.4 Å². The van der Waals surface area contributed by atoms with Gasteiger partial charge in [-0.2, -0.15) is 9.78 Å². The van der Waals surface area contributed by atoms with Gasteiger partial charge in [-0.15, -0.1) is 11.8 Å². The Hall–Kier alpha value is -2.77. The highest BCUT2D eigenvalue weighted by Crippen LogP contribution is 2.26. The summed E-state index contributed by atoms with van der Waals surface area (Å²) >= 11 is 7.99. The lowest BCUT2D eigenvalue weighted by molar-refractivity contribution is -0.130. The van der Waals surface area contributed by atoms with E-state index in [-0.39, 0.29) is 21.7 Å². The number of hydrogen-bond donors (Lipinski definition) is 0. The Bertz CT molecular complexity index is 1100. The summed E-state index contributed by atoms with van der Waals surface area (Å²) in [4.78, 5) is 30.6. The third-order valence-corrected chi connectivity index (χ3v) is 6.69. The molecule has 0 saturated carbocycles. The molecule has 1 aromatic heterocycles. The van der Waals surface area contributed by atoms with Crippen LogP contribution < -0.4 is 10.5 Å². The van der Waals surface area contributed by atoms with Crippen LogP contribution in [0.2, 0.25) is 5.02 Å². The van der Waals surface area contributed by atoms with Crippen LogP contribution >= 0.6 is 23.4 Å². The molecule has 1 unspecified atom stereocenters. The van der Waals surface area contributed by atoms with Crippen molar-refractivity contribution in [3.05, 3.63) is 82.2 Å². The third-order valence-electron chi connectivity index (χ3n) is 5.24. The number of rotatable bonds is 5. The number of anilines is 1. The van der Waals surface area contributed by atoms with Gasteiger partial charge in [-0.25, -0.2) is 0 Å². The van der Waals surface area contributed by atoms with E-state index in [0.29, 0.717) is 37.6 Å². The zero-order valence-electron chi connectivity index (χ0n) is 17.1. The van der Waals surface area contributed by atoms with E-state index in [1.165, 1.54) is 4.68 Å². The monoisotopic (exact) mass is 454 g/mol. The van der Waals surface area contributed by atoms with Crippen molar-refractivity contribution in [1.29, 1.82) is 0 Å². The van der Waals surface area contributed by atoms with Crippen molar-refractivity contribution < 1.29 is 4.79 Å². The van der Waals surface area contributed by atoms with Crippen LogP contribution in [0.15, 0.2) is 76.6 Å². The molecule has 0 aliphatic carbocycles. The summed E-state index contributed by atoms with van der Waals surface area (Å²) in [6.45, 7) is 4.30. The molecule has 6 nitrogen and oxygen atoms in total. The van der Waals surface area contributed by atoms with Crippen molar-refractivity contribution in [1.82, 2.24) is 14.7 Å². The number of nitrogens with zero attached hydrogens (tertiary/aromatic N) is 4. The number of thioether (sulfide) groups is 1. The van der Waals surface area contributed by atoms with Crippen LogP contribution in [0.4, 0.5) is 5.69 Å². The molecule has 1 aliphatic heterocycles. The molecule has 1 atom stereocenters. The van der Waals surface area contributed by atoms with Gasteiger partial charge in [0, 0.05) is 31.1 Å². The number of halogens is 1. The average molecular weight is 455 g/mol. The topological polar surface area (TPSA) is 58.4 Å². The lowest BCUT2D eigenvalue weighted by Gasteiger charge is -2.37. The number of carbonyl (C=O) groups is 1. The predicted molar refractivity (Wildman–Crippen MR) is 125 cm³/mol. The number of amides is 1. The molecule has 1 saturated heterocycles. The fourth-order valence-electron chi connectivity index (χ4n) is 3.58. The molecule has 2 heterocycles. The molecule has 0 bridgehead atoms. The van der Waals surface area contributed by atoms with Crippen LogP contribution in [0.5, 0.6) is 0 Å². The van der Waals surface area contributed by atoms with Crippen LogP contribution in [0.1, 0.15) is 6.92 Å². The van der Waals surface area contributed by atoms with Crippen LogP contribution in [-0.2, 0) is 4.79 Å². The van der Waals surface area contributed by atoms with Gasteiger partial charge in [0.2, 0.25) is 5.91 Å². The van der Waals surface area contributed by atoms with Gasteiger partial charge in [-0.1, -0.05) is 48.0 Å². The first-order valence-corrected chi connectivity index (χ1v) is 11.4. The third kappa shape index (κ3) is 4.78. The standard InChI is InChI=1S/C23H23ClN4O2S/c1-17(31-19-10-6-3-7-11-19)22(29)27-14-12-26(13-15-27)20-16-25-28(23(30)21(20)24)18-8-4-2-5-9-18/h2-11,16-17H,12-15H2,1H3. The quantitative estimate of drug-likeness (QED) is 0.550. The zero-order chi connectivity index (χ0) is 21.8. The molecule has 3 aromatic rings. The maximum Gasteiger partial charge on any atom is 0.292 e. The molecular formula is C23H23ClN4O2S. The SMILES string of the molecule is CC(Sc1ccccc1)C(=O)N1CCN(c2cnn(-c3ccccc3)c(=O)c2Cl)CC1. The molecule has 0 spiro atoms. The van der Waals surface area contributed by atoms with E-state index < -0.39 is 0 Å². The van der Waals surface area contributed by atoms with Gasteiger partial charge in [-0.3, -0.25) is 9.59 Å².